The molecule has 26 heavy (non-hydrogen) atoms. The molecule has 0 atom stereocenters. The van der Waals surface area contributed by atoms with Crippen LogP contribution in [0.2, 0.25) is 0 Å². The highest BCUT2D eigenvalue weighted by Crippen LogP contribution is 2.11. The second-order valence-electron chi connectivity index (χ2n) is 6.86. The van der Waals surface area contributed by atoms with E-state index in [-0.39, 0.29) is 31.4 Å². The van der Waals surface area contributed by atoms with Crippen LogP contribution in [0.15, 0.2) is 34.9 Å². The van der Waals surface area contributed by atoms with Gasteiger partial charge < -0.3 is 9.47 Å². The first-order valence-electron chi connectivity index (χ1n) is 9.61. The molecule has 0 N–H and O–H groups in total. The van der Waals surface area contributed by atoms with Crippen molar-refractivity contribution in [2.24, 2.45) is 0 Å². The SMILES string of the molecule is CCCOC(=O)CCC(=O)OC/C=C(\C)CC/C=C(\C)CCC=C(C)C. The van der Waals surface area contributed by atoms with Gasteiger partial charge in [-0.05, 0) is 65.9 Å². The van der Waals surface area contributed by atoms with Crippen molar-refractivity contribution >= 4 is 11.9 Å². The van der Waals surface area contributed by atoms with Crippen LogP contribution in [-0.2, 0) is 19.1 Å². The number of carbonyl (C=O) groups excluding carboxylic acids is 2. The smallest absolute Gasteiger partial charge is 0.306 e. The zero-order chi connectivity index (χ0) is 19.8. The van der Waals surface area contributed by atoms with Gasteiger partial charge in [-0.2, -0.15) is 0 Å². The highest BCUT2D eigenvalue weighted by atomic mass is 16.5. The summed E-state index contributed by atoms with van der Waals surface area (Å²) in [5, 5.41) is 0. The number of hydrogen-bond acceptors (Lipinski definition) is 4. The lowest BCUT2D eigenvalue weighted by molar-refractivity contribution is -0.149. The fourth-order valence-electron chi connectivity index (χ4n) is 2.18. The highest BCUT2D eigenvalue weighted by Gasteiger charge is 2.08. The van der Waals surface area contributed by atoms with Gasteiger partial charge in [-0.15, -0.1) is 0 Å². The van der Waals surface area contributed by atoms with Crippen molar-refractivity contribution in [2.75, 3.05) is 13.2 Å². The molecule has 0 radical (unpaired) electrons. The van der Waals surface area contributed by atoms with Crippen LogP contribution in [0, 0.1) is 0 Å². The lowest BCUT2D eigenvalue weighted by atomic mass is 10.1. The number of hydrogen-bond donors (Lipinski definition) is 0. The van der Waals surface area contributed by atoms with Crippen LogP contribution >= 0.6 is 0 Å². The van der Waals surface area contributed by atoms with Crippen molar-refractivity contribution in [1.82, 2.24) is 0 Å². The molecule has 0 saturated heterocycles. The van der Waals surface area contributed by atoms with Crippen molar-refractivity contribution in [3.05, 3.63) is 34.9 Å². The van der Waals surface area contributed by atoms with Crippen LogP contribution < -0.4 is 0 Å². The number of ether oxygens (including phenoxy) is 2. The maximum Gasteiger partial charge on any atom is 0.306 e. The van der Waals surface area contributed by atoms with Gasteiger partial charge in [0, 0.05) is 0 Å². The zero-order valence-electron chi connectivity index (χ0n) is 17.2. The molecule has 0 aliphatic heterocycles. The molecule has 0 rings (SSSR count). The number of carbonyl (C=O) groups is 2. The van der Waals surface area contributed by atoms with E-state index in [9.17, 15) is 9.59 Å². The third-order valence-corrected chi connectivity index (χ3v) is 3.80. The number of esters is 2. The van der Waals surface area contributed by atoms with Crippen LogP contribution in [0.5, 0.6) is 0 Å². The van der Waals surface area contributed by atoms with E-state index in [1.807, 2.05) is 19.9 Å². The summed E-state index contributed by atoms with van der Waals surface area (Å²) in [4.78, 5) is 22.9. The molecule has 0 aliphatic carbocycles. The molecule has 0 aromatic rings. The molecule has 0 heterocycles. The Balaban J connectivity index is 3.91. The van der Waals surface area contributed by atoms with E-state index < -0.39 is 0 Å². The van der Waals surface area contributed by atoms with Gasteiger partial charge in [0.2, 0.25) is 0 Å². The van der Waals surface area contributed by atoms with Gasteiger partial charge in [-0.3, -0.25) is 9.59 Å². The Morgan fingerprint density at radius 3 is 1.85 bits per heavy atom. The molecule has 0 bridgehead atoms. The van der Waals surface area contributed by atoms with Gasteiger partial charge in [-0.25, -0.2) is 0 Å². The van der Waals surface area contributed by atoms with Crippen molar-refractivity contribution in [3.63, 3.8) is 0 Å². The molecule has 0 unspecified atom stereocenters. The normalized spacial score (nSPS) is 11.9. The van der Waals surface area contributed by atoms with E-state index in [1.165, 1.54) is 16.7 Å². The average Bonchev–Trinajstić information content (AvgIpc) is 2.57. The summed E-state index contributed by atoms with van der Waals surface area (Å²) in [6.45, 7) is 11.1. The fraction of sp³-hybridized carbons (Fsp3) is 0.636. The van der Waals surface area contributed by atoms with Gasteiger partial charge >= 0.3 is 11.9 Å². The monoisotopic (exact) mass is 364 g/mol. The van der Waals surface area contributed by atoms with E-state index in [0.29, 0.717) is 6.61 Å². The Labute approximate surface area is 159 Å². The van der Waals surface area contributed by atoms with E-state index in [1.54, 1.807) is 0 Å². The summed E-state index contributed by atoms with van der Waals surface area (Å²) in [6.07, 6.45) is 11.6. The molecule has 0 saturated carbocycles. The molecule has 148 valence electrons. The lowest BCUT2D eigenvalue weighted by Crippen LogP contribution is -2.10. The van der Waals surface area contributed by atoms with Crippen molar-refractivity contribution in [3.8, 4) is 0 Å². The van der Waals surface area contributed by atoms with Gasteiger partial charge in [-0.1, -0.05) is 35.8 Å². The minimum Gasteiger partial charge on any atom is -0.466 e. The molecule has 0 spiro atoms. The summed E-state index contributed by atoms with van der Waals surface area (Å²) in [5.74, 6) is -0.709. The van der Waals surface area contributed by atoms with Crippen LogP contribution in [0.4, 0.5) is 0 Å². The van der Waals surface area contributed by atoms with Crippen molar-refractivity contribution in [2.45, 2.75) is 79.6 Å². The molecule has 0 fully saturated rings. The standard InChI is InChI=1S/C22H36O4/c1-6-16-25-21(23)13-14-22(24)26-17-15-20(5)12-8-11-19(4)10-7-9-18(2)3/h9,11,15H,6-8,10,12-14,16-17H2,1-5H3/b19-11+,20-15+. The Hall–Kier alpha value is -1.84. The summed E-state index contributed by atoms with van der Waals surface area (Å²) in [5.41, 5.74) is 3.98. The lowest BCUT2D eigenvalue weighted by Gasteiger charge is -2.04. The van der Waals surface area contributed by atoms with Crippen LogP contribution in [0.25, 0.3) is 0 Å². The summed E-state index contributed by atoms with van der Waals surface area (Å²) < 4.78 is 10.0. The second kappa shape index (κ2) is 15.4. The van der Waals surface area contributed by atoms with Crippen molar-refractivity contribution in [1.29, 1.82) is 0 Å². The molecule has 0 aliphatic rings. The van der Waals surface area contributed by atoms with Gasteiger partial charge in [0.05, 0.1) is 19.4 Å². The van der Waals surface area contributed by atoms with Gasteiger partial charge in [0.25, 0.3) is 0 Å². The van der Waals surface area contributed by atoms with Crippen LogP contribution in [0.1, 0.15) is 79.6 Å². The fourth-order valence-corrected chi connectivity index (χ4v) is 2.18. The topological polar surface area (TPSA) is 52.6 Å². The molecule has 4 nitrogen and oxygen atoms in total. The molecular formula is C22H36O4. The largest absolute Gasteiger partial charge is 0.466 e. The van der Waals surface area contributed by atoms with Crippen LogP contribution in [-0.4, -0.2) is 25.2 Å². The van der Waals surface area contributed by atoms with E-state index in [2.05, 4.69) is 32.9 Å². The Bertz CT molecular complexity index is 508. The van der Waals surface area contributed by atoms with Gasteiger partial charge in [0.1, 0.15) is 6.61 Å². The maximum absolute atomic E-state index is 11.6. The Morgan fingerprint density at radius 2 is 1.27 bits per heavy atom. The first-order valence-corrected chi connectivity index (χ1v) is 9.61. The molecule has 0 aromatic heterocycles. The molecule has 0 aromatic carbocycles. The summed E-state index contributed by atoms with van der Waals surface area (Å²) >= 11 is 0. The Morgan fingerprint density at radius 1 is 0.731 bits per heavy atom. The number of rotatable bonds is 13. The molecule has 0 amide bonds. The summed E-state index contributed by atoms with van der Waals surface area (Å²) in [7, 11) is 0. The second-order valence-corrected chi connectivity index (χ2v) is 6.86. The molecular weight excluding hydrogens is 328 g/mol. The predicted octanol–water partition coefficient (Wildman–Crippen LogP) is 5.68. The first kappa shape index (κ1) is 24.2. The zero-order valence-corrected chi connectivity index (χ0v) is 17.2. The quantitative estimate of drug-likeness (QED) is 0.311. The van der Waals surface area contributed by atoms with E-state index in [4.69, 9.17) is 9.47 Å². The maximum atomic E-state index is 11.6. The van der Waals surface area contributed by atoms with Crippen molar-refractivity contribution < 1.29 is 19.1 Å². The minimum atomic E-state index is -0.363. The first-order chi connectivity index (χ1) is 12.3. The molecule has 4 heteroatoms. The van der Waals surface area contributed by atoms with E-state index in [0.717, 1.165) is 32.1 Å². The predicted molar refractivity (Wildman–Crippen MR) is 107 cm³/mol. The third kappa shape index (κ3) is 15.7. The summed E-state index contributed by atoms with van der Waals surface area (Å²) in [6, 6.07) is 0. The third-order valence-electron chi connectivity index (χ3n) is 3.80. The number of allylic oxidation sites excluding steroid dienone is 5. The van der Waals surface area contributed by atoms with E-state index >= 15 is 0 Å². The van der Waals surface area contributed by atoms with Crippen LogP contribution in [0.3, 0.4) is 0 Å². The van der Waals surface area contributed by atoms with Gasteiger partial charge in [0.15, 0.2) is 0 Å². The Kier molecular flexibility index (Phi) is 14.3. The minimum absolute atomic E-state index is 0.0725. The highest BCUT2D eigenvalue weighted by molar-refractivity contribution is 5.77. The average molecular weight is 365 g/mol.